The van der Waals surface area contributed by atoms with E-state index in [0.29, 0.717) is 54.6 Å². The lowest BCUT2D eigenvalue weighted by molar-refractivity contribution is -0.384. The van der Waals surface area contributed by atoms with Crippen LogP contribution in [0.2, 0.25) is 5.02 Å². The molecule has 1 fully saturated rings. The number of nitro groups is 1. The van der Waals surface area contributed by atoms with Crippen LogP contribution in [0.5, 0.6) is 0 Å². The first-order valence-electron chi connectivity index (χ1n) is 11.5. The van der Waals surface area contributed by atoms with Crippen molar-refractivity contribution >= 4 is 57.8 Å². The van der Waals surface area contributed by atoms with Gasteiger partial charge in [0.05, 0.1) is 16.3 Å². The molecule has 10 nitrogen and oxygen atoms in total. The SMILES string of the molecule is CCC(=O)N1CCN(c2ccc(Cl)cc2NC(=S)NC(=O)c2ccc(-c3cccc([N+](=O)[O-])c3)o2)CC1. The number of hydrogen-bond donors (Lipinski definition) is 2. The van der Waals surface area contributed by atoms with E-state index in [1.54, 1.807) is 30.3 Å². The lowest BCUT2D eigenvalue weighted by atomic mass is 10.1. The molecule has 0 spiro atoms. The maximum absolute atomic E-state index is 12.7. The van der Waals surface area contributed by atoms with Crippen LogP contribution in [0.4, 0.5) is 17.1 Å². The second kappa shape index (κ2) is 11.4. The van der Waals surface area contributed by atoms with Crippen molar-refractivity contribution < 1.29 is 18.9 Å². The fourth-order valence-corrected chi connectivity index (χ4v) is 4.39. The Morgan fingerprint density at radius 2 is 1.86 bits per heavy atom. The Bertz CT molecular complexity index is 1350. The van der Waals surface area contributed by atoms with Crippen LogP contribution in [0.1, 0.15) is 23.9 Å². The van der Waals surface area contributed by atoms with Gasteiger partial charge in [0.25, 0.3) is 11.6 Å². The predicted molar refractivity (Wildman–Crippen MR) is 145 cm³/mol. The smallest absolute Gasteiger partial charge is 0.293 e. The number of thiocarbonyl (C=S) groups is 1. The number of benzene rings is 2. The molecule has 1 aliphatic heterocycles. The highest BCUT2D eigenvalue weighted by molar-refractivity contribution is 7.80. The third-order valence-electron chi connectivity index (χ3n) is 5.88. The molecule has 0 radical (unpaired) electrons. The molecule has 192 valence electrons. The Labute approximate surface area is 223 Å². The van der Waals surface area contributed by atoms with Gasteiger partial charge in [-0.2, -0.15) is 0 Å². The molecule has 0 atom stereocenters. The number of nitro benzene ring substituents is 1. The van der Waals surface area contributed by atoms with Crippen LogP contribution in [0.3, 0.4) is 0 Å². The average molecular weight is 542 g/mol. The van der Waals surface area contributed by atoms with Gasteiger partial charge < -0.3 is 19.5 Å². The molecule has 2 heterocycles. The molecular weight excluding hydrogens is 518 g/mol. The van der Waals surface area contributed by atoms with Crippen LogP contribution in [0.25, 0.3) is 11.3 Å². The maximum atomic E-state index is 12.7. The number of amides is 2. The number of carbonyl (C=O) groups excluding carboxylic acids is 2. The van der Waals surface area contributed by atoms with Gasteiger partial charge in [0.2, 0.25) is 5.91 Å². The van der Waals surface area contributed by atoms with E-state index in [9.17, 15) is 19.7 Å². The van der Waals surface area contributed by atoms with Crippen molar-refractivity contribution in [3.05, 3.63) is 75.5 Å². The van der Waals surface area contributed by atoms with Crippen molar-refractivity contribution in [2.24, 2.45) is 0 Å². The highest BCUT2D eigenvalue weighted by atomic mass is 35.5. The average Bonchev–Trinajstić information content (AvgIpc) is 3.39. The van der Waals surface area contributed by atoms with Crippen molar-refractivity contribution in [2.75, 3.05) is 36.4 Å². The number of furan rings is 1. The minimum Gasteiger partial charge on any atom is -0.451 e. The molecule has 37 heavy (non-hydrogen) atoms. The first-order valence-corrected chi connectivity index (χ1v) is 12.3. The fourth-order valence-electron chi connectivity index (χ4n) is 4.01. The van der Waals surface area contributed by atoms with Gasteiger partial charge in [0.1, 0.15) is 5.76 Å². The van der Waals surface area contributed by atoms with Crippen molar-refractivity contribution in [3.63, 3.8) is 0 Å². The largest absolute Gasteiger partial charge is 0.451 e. The van der Waals surface area contributed by atoms with Crippen LogP contribution in [0, 0.1) is 10.1 Å². The minimum atomic E-state index is -0.579. The number of nitrogens with one attached hydrogen (secondary N) is 2. The number of non-ortho nitro benzene ring substituents is 1. The monoisotopic (exact) mass is 541 g/mol. The molecule has 1 aliphatic rings. The van der Waals surface area contributed by atoms with Crippen molar-refractivity contribution in [1.29, 1.82) is 0 Å². The normalized spacial score (nSPS) is 13.2. The molecule has 1 saturated heterocycles. The summed E-state index contributed by atoms with van der Waals surface area (Å²) < 4.78 is 5.61. The number of hydrogen-bond acceptors (Lipinski definition) is 7. The van der Waals surface area contributed by atoms with E-state index in [-0.39, 0.29) is 22.5 Å². The molecule has 2 N–H and O–H groups in total. The fraction of sp³-hybridized carbons (Fsp3) is 0.240. The minimum absolute atomic E-state index is 0.00585. The Kier molecular flexibility index (Phi) is 8.04. The van der Waals surface area contributed by atoms with Gasteiger partial charge in [-0.05, 0) is 42.5 Å². The summed E-state index contributed by atoms with van der Waals surface area (Å²) in [6, 6.07) is 14.3. The summed E-state index contributed by atoms with van der Waals surface area (Å²) >= 11 is 11.6. The first-order chi connectivity index (χ1) is 17.7. The number of rotatable bonds is 6. The van der Waals surface area contributed by atoms with E-state index >= 15 is 0 Å². The lowest BCUT2D eigenvalue weighted by Crippen LogP contribution is -2.48. The van der Waals surface area contributed by atoms with E-state index in [1.165, 1.54) is 18.2 Å². The van der Waals surface area contributed by atoms with E-state index < -0.39 is 10.8 Å². The molecule has 4 rings (SSSR count). The number of piperazine rings is 1. The molecule has 12 heteroatoms. The Morgan fingerprint density at radius 3 is 2.57 bits per heavy atom. The Balaban J connectivity index is 1.42. The molecular formula is C25H24ClN5O5S. The molecule has 0 unspecified atom stereocenters. The zero-order valence-electron chi connectivity index (χ0n) is 19.9. The van der Waals surface area contributed by atoms with Gasteiger partial charge in [-0.25, -0.2) is 0 Å². The molecule has 0 aliphatic carbocycles. The van der Waals surface area contributed by atoms with Crippen molar-refractivity contribution in [3.8, 4) is 11.3 Å². The zero-order chi connectivity index (χ0) is 26.5. The van der Waals surface area contributed by atoms with E-state index in [1.807, 2.05) is 17.9 Å². The molecule has 3 aromatic rings. The van der Waals surface area contributed by atoms with E-state index in [0.717, 1.165) is 5.69 Å². The second-order valence-corrected chi connectivity index (χ2v) is 9.11. The van der Waals surface area contributed by atoms with Crippen molar-refractivity contribution in [2.45, 2.75) is 13.3 Å². The standard InChI is InChI=1S/C25H24ClN5O5S/c1-2-23(32)30-12-10-29(11-13-30)20-7-6-17(26)15-19(20)27-25(37)28-24(33)22-9-8-21(36-22)16-4-3-5-18(14-16)31(34)35/h3-9,14-15H,2,10-13H2,1H3,(H2,27,28,33,37). The quantitative estimate of drug-likeness (QED) is 0.262. The van der Waals surface area contributed by atoms with Crippen LogP contribution < -0.4 is 15.5 Å². The maximum Gasteiger partial charge on any atom is 0.293 e. The number of anilines is 2. The first kappa shape index (κ1) is 26.1. The third-order valence-corrected chi connectivity index (χ3v) is 6.32. The zero-order valence-corrected chi connectivity index (χ0v) is 21.5. The summed E-state index contributed by atoms with van der Waals surface area (Å²) in [6.07, 6.45) is 0.476. The van der Waals surface area contributed by atoms with Crippen LogP contribution in [-0.4, -0.2) is 52.9 Å². The summed E-state index contributed by atoms with van der Waals surface area (Å²) in [5.41, 5.74) is 1.85. The number of carbonyl (C=O) groups is 2. The second-order valence-electron chi connectivity index (χ2n) is 8.26. The van der Waals surface area contributed by atoms with Gasteiger partial charge in [-0.3, -0.25) is 25.0 Å². The predicted octanol–water partition coefficient (Wildman–Crippen LogP) is 4.69. The van der Waals surface area contributed by atoms with Crippen LogP contribution in [-0.2, 0) is 4.79 Å². The summed E-state index contributed by atoms with van der Waals surface area (Å²) in [7, 11) is 0. The van der Waals surface area contributed by atoms with Gasteiger partial charge >= 0.3 is 0 Å². The molecule has 1 aromatic heterocycles. The highest BCUT2D eigenvalue weighted by Gasteiger charge is 2.23. The Hall–Kier alpha value is -3.96. The van der Waals surface area contributed by atoms with Gasteiger partial charge in [0.15, 0.2) is 10.9 Å². The summed E-state index contributed by atoms with van der Waals surface area (Å²) in [5.74, 6) is -0.145. The van der Waals surface area contributed by atoms with Gasteiger partial charge in [-0.1, -0.05) is 30.7 Å². The third kappa shape index (κ3) is 6.25. The number of halogens is 1. The van der Waals surface area contributed by atoms with Crippen LogP contribution >= 0.6 is 23.8 Å². The molecule has 2 aromatic carbocycles. The molecule has 0 bridgehead atoms. The summed E-state index contributed by atoms with van der Waals surface area (Å²) in [4.78, 5) is 39.2. The van der Waals surface area contributed by atoms with E-state index in [2.05, 4.69) is 15.5 Å². The van der Waals surface area contributed by atoms with Crippen LogP contribution in [0.15, 0.2) is 59.0 Å². The molecule has 2 amide bonds. The number of nitrogens with zero attached hydrogens (tertiary/aromatic N) is 3. The van der Waals surface area contributed by atoms with Gasteiger partial charge in [0, 0.05) is 55.3 Å². The highest BCUT2D eigenvalue weighted by Crippen LogP contribution is 2.30. The Morgan fingerprint density at radius 1 is 1.11 bits per heavy atom. The summed E-state index contributed by atoms with van der Waals surface area (Å²) in [5, 5.41) is 17.2. The van der Waals surface area contributed by atoms with Gasteiger partial charge in [-0.15, -0.1) is 0 Å². The lowest BCUT2D eigenvalue weighted by Gasteiger charge is -2.37. The van der Waals surface area contributed by atoms with E-state index in [4.69, 9.17) is 28.2 Å². The van der Waals surface area contributed by atoms with Crippen molar-refractivity contribution in [1.82, 2.24) is 10.2 Å². The molecule has 0 saturated carbocycles. The topological polar surface area (TPSA) is 121 Å². The summed E-state index contributed by atoms with van der Waals surface area (Å²) in [6.45, 7) is 4.37.